The molecule has 4 nitrogen and oxygen atoms in total. The molecule has 19 heavy (non-hydrogen) atoms. The Morgan fingerprint density at radius 3 is 2.84 bits per heavy atom. The molecule has 1 aromatic rings. The van der Waals surface area contributed by atoms with E-state index in [9.17, 15) is 0 Å². The first-order valence-electron chi connectivity index (χ1n) is 7.48. The van der Waals surface area contributed by atoms with E-state index >= 15 is 0 Å². The average Bonchev–Trinajstić information content (AvgIpc) is 2.69. The van der Waals surface area contributed by atoms with Gasteiger partial charge in [0.1, 0.15) is 0 Å². The van der Waals surface area contributed by atoms with Crippen molar-refractivity contribution < 1.29 is 4.74 Å². The fourth-order valence-electron chi connectivity index (χ4n) is 2.05. The predicted molar refractivity (Wildman–Crippen MR) is 80.6 cm³/mol. The van der Waals surface area contributed by atoms with Gasteiger partial charge in [-0.3, -0.25) is 0 Å². The van der Waals surface area contributed by atoms with Gasteiger partial charge >= 0.3 is 0 Å². The molecule has 0 saturated heterocycles. The van der Waals surface area contributed by atoms with Gasteiger partial charge in [-0.15, -0.1) is 0 Å². The molecule has 1 aromatic heterocycles. The van der Waals surface area contributed by atoms with E-state index in [-0.39, 0.29) is 0 Å². The maximum Gasteiger partial charge on any atom is 0.203 e. The van der Waals surface area contributed by atoms with Crippen molar-refractivity contribution in [3.63, 3.8) is 0 Å². The fraction of sp³-hybridized carbons (Fsp3) is 0.800. The Morgan fingerprint density at radius 2 is 2.16 bits per heavy atom. The van der Waals surface area contributed by atoms with Crippen molar-refractivity contribution >= 4 is 5.95 Å². The molecule has 0 atom stereocenters. The van der Waals surface area contributed by atoms with Crippen LogP contribution in [0.5, 0.6) is 0 Å². The Labute approximate surface area is 117 Å². The summed E-state index contributed by atoms with van der Waals surface area (Å²) in [6, 6.07) is 0. The average molecular weight is 267 g/mol. The lowest BCUT2D eigenvalue weighted by Gasteiger charge is -2.10. The first-order chi connectivity index (χ1) is 9.13. The van der Waals surface area contributed by atoms with Crippen molar-refractivity contribution in [1.82, 2.24) is 9.55 Å². The van der Waals surface area contributed by atoms with Crippen molar-refractivity contribution in [3.05, 3.63) is 11.9 Å². The molecule has 0 bridgehead atoms. The Balaban J connectivity index is 2.35. The highest BCUT2D eigenvalue weighted by Crippen LogP contribution is 2.12. The van der Waals surface area contributed by atoms with E-state index in [2.05, 4.69) is 34.9 Å². The molecule has 0 aliphatic heterocycles. The van der Waals surface area contributed by atoms with Crippen LogP contribution in [0.2, 0.25) is 0 Å². The topological polar surface area (TPSA) is 39.1 Å². The minimum absolute atomic E-state index is 0.771. The number of rotatable bonds is 10. The molecule has 0 aliphatic carbocycles. The van der Waals surface area contributed by atoms with Crippen LogP contribution < -0.4 is 5.32 Å². The number of aryl methyl sites for hydroxylation is 2. The molecule has 0 aromatic carbocycles. The third kappa shape index (κ3) is 6.62. The van der Waals surface area contributed by atoms with Crippen LogP contribution in [-0.2, 0) is 11.3 Å². The number of anilines is 1. The highest BCUT2D eigenvalue weighted by atomic mass is 16.5. The number of hydrogen-bond acceptors (Lipinski definition) is 3. The number of ether oxygens (including phenoxy) is 1. The molecule has 110 valence electrons. The summed E-state index contributed by atoms with van der Waals surface area (Å²) in [5.41, 5.74) is 1.08. The Bertz CT molecular complexity index is 347. The van der Waals surface area contributed by atoms with Gasteiger partial charge in [-0.05, 0) is 39.0 Å². The van der Waals surface area contributed by atoms with Gasteiger partial charge in [-0.25, -0.2) is 4.98 Å². The molecule has 0 unspecified atom stereocenters. The molecular formula is C15H29N3O. The second-order valence-corrected chi connectivity index (χ2v) is 5.41. The monoisotopic (exact) mass is 267 g/mol. The van der Waals surface area contributed by atoms with Gasteiger partial charge in [-0.2, -0.15) is 0 Å². The highest BCUT2D eigenvalue weighted by Gasteiger charge is 2.05. The summed E-state index contributed by atoms with van der Waals surface area (Å²) in [4.78, 5) is 4.54. The largest absolute Gasteiger partial charge is 0.382 e. The van der Waals surface area contributed by atoms with E-state index in [0.29, 0.717) is 0 Å². The molecule has 1 rings (SSSR count). The minimum Gasteiger partial charge on any atom is -0.382 e. The zero-order chi connectivity index (χ0) is 14.1. The van der Waals surface area contributed by atoms with Crippen LogP contribution in [0, 0.1) is 12.8 Å². The lowest BCUT2D eigenvalue weighted by atomic mass is 10.1. The standard InChI is InChI=1S/C15H29N3O/c1-5-19-11-7-9-16-15-17-14(4)12-18(15)10-6-8-13(2)3/h12-13H,5-11H2,1-4H3,(H,16,17). The Kier molecular flexibility index (Phi) is 7.56. The third-order valence-corrected chi connectivity index (χ3v) is 3.03. The second kappa shape index (κ2) is 8.97. The van der Waals surface area contributed by atoms with Crippen molar-refractivity contribution in [2.24, 2.45) is 5.92 Å². The van der Waals surface area contributed by atoms with Crippen LogP contribution in [0.4, 0.5) is 5.95 Å². The molecule has 0 fully saturated rings. The number of nitrogens with one attached hydrogen (secondary N) is 1. The summed E-state index contributed by atoms with van der Waals surface area (Å²) in [7, 11) is 0. The summed E-state index contributed by atoms with van der Waals surface area (Å²) >= 11 is 0. The van der Waals surface area contributed by atoms with Gasteiger partial charge in [0.05, 0.1) is 5.69 Å². The van der Waals surface area contributed by atoms with Crippen molar-refractivity contribution in [3.8, 4) is 0 Å². The van der Waals surface area contributed by atoms with Crippen molar-refractivity contribution in [2.75, 3.05) is 25.1 Å². The summed E-state index contributed by atoms with van der Waals surface area (Å²) in [5, 5.41) is 3.40. The van der Waals surface area contributed by atoms with Gasteiger partial charge in [0.15, 0.2) is 0 Å². The van der Waals surface area contributed by atoms with E-state index in [4.69, 9.17) is 4.74 Å². The molecule has 4 heteroatoms. The summed E-state index contributed by atoms with van der Waals surface area (Å²) in [5.74, 6) is 1.77. The Hall–Kier alpha value is -1.03. The molecule has 0 amide bonds. The van der Waals surface area contributed by atoms with Crippen LogP contribution in [0.3, 0.4) is 0 Å². The first kappa shape index (κ1) is 16.0. The first-order valence-corrected chi connectivity index (χ1v) is 7.48. The number of imidazole rings is 1. The van der Waals surface area contributed by atoms with Crippen LogP contribution in [0.1, 0.15) is 45.7 Å². The number of aromatic nitrogens is 2. The molecular weight excluding hydrogens is 238 g/mol. The van der Waals surface area contributed by atoms with Gasteiger partial charge in [0.25, 0.3) is 0 Å². The highest BCUT2D eigenvalue weighted by molar-refractivity contribution is 5.28. The van der Waals surface area contributed by atoms with Gasteiger partial charge in [0, 0.05) is 32.5 Å². The van der Waals surface area contributed by atoms with Crippen molar-refractivity contribution in [2.45, 2.75) is 53.5 Å². The quantitative estimate of drug-likeness (QED) is 0.660. The lowest BCUT2D eigenvalue weighted by Crippen LogP contribution is -2.11. The molecule has 0 saturated carbocycles. The number of nitrogens with zero attached hydrogens (tertiary/aromatic N) is 2. The lowest BCUT2D eigenvalue weighted by molar-refractivity contribution is 0.147. The van der Waals surface area contributed by atoms with E-state index in [1.54, 1.807) is 0 Å². The van der Waals surface area contributed by atoms with E-state index in [0.717, 1.165) is 50.3 Å². The zero-order valence-electron chi connectivity index (χ0n) is 12.9. The molecule has 0 radical (unpaired) electrons. The van der Waals surface area contributed by atoms with Crippen LogP contribution in [0.15, 0.2) is 6.20 Å². The number of hydrogen-bond donors (Lipinski definition) is 1. The van der Waals surface area contributed by atoms with Gasteiger partial charge in [0.2, 0.25) is 5.95 Å². The van der Waals surface area contributed by atoms with E-state index in [1.807, 2.05) is 13.8 Å². The molecule has 0 spiro atoms. The fourth-order valence-corrected chi connectivity index (χ4v) is 2.05. The summed E-state index contributed by atoms with van der Waals surface area (Å²) in [6.45, 7) is 12.2. The Morgan fingerprint density at radius 1 is 1.37 bits per heavy atom. The maximum absolute atomic E-state index is 5.33. The SMILES string of the molecule is CCOCCCNc1nc(C)cn1CCCC(C)C. The smallest absolute Gasteiger partial charge is 0.203 e. The van der Waals surface area contributed by atoms with Gasteiger partial charge in [-0.1, -0.05) is 13.8 Å². The van der Waals surface area contributed by atoms with Crippen LogP contribution >= 0.6 is 0 Å². The van der Waals surface area contributed by atoms with Crippen LogP contribution in [0.25, 0.3) is 0 Å². The zero-order valence-corrected chi connectivity index (χ0v) is 12.9. The van der Waals surface area contributed by atoms with Crippen molar-refractivity contribution in [1.29, 1.82) is 0 Å². The predicted octanol–water partition coefficient (Wildman–Crippen LogP) is 3.47. The minimum atomic E-state index is 0.771. The summed E-state index contributed by atoms with van der Waals surface area (Å²) < 4.78 is 7.57. The van der Waals surface area contributed by atoms with E-state index < -0.39 is 0 Å². The van der Waals surface area contributed by atoms with E-state index in [1.165, 1.54) is 12.8 Å². The third-order valence-electron chi connectivity index (χ3n) is 3.03. The molecule has 1 N–H and O–H groups in total. The second-order valence-electron chi connectivity index (χ2n) is 5.41. The van der Waals surface area contributed by atoms with Gasteiger partial charge < -0.3 is 14.6 Å². The molecule has 1 heterocycles. The maximum atomic E-state index is 5.33. The molecule has 0 aliphatic rings. The van der Waals surface area contributed by atoms with Crippen LogP contribution in [-0.4, -0.2) is 29.3 Å². The summed E-state index contributed by atoms with van der Waals surface area (Å²) in [6.07, 6.45) is 5.62. The normalized spacial score (nSPS) is 11.2.